The van der Waals surface area contributed by atoms with Crippen LogP contribution in [0.2, 0.25) is 5.02 Å². The molecule has 0 amide bonds. The van der Waals surface area contributed by atoms with Gasteiger partial charge in [-0.3, -0.25) is 0 Å². The average molecular weight is 614 g/mol. The van der Waals surface area contributed by atoms with Gasteiger partial charge >= 0.3 is 5.97 Å². The van der Waals surface area contributed by atoms with Gasteiger partial charge in [-0.05, 0) is 85.9 Å². The summed E-state index contributed by atoms with van der Waals surface area (Å²) >= 11 is 11.3. The Morgan fingerprint density at radius 2 is 1.92 bits per heavy atom. The molecule has 7 nitrogen and oxygen atoms in total. The number of nitrogens with zero attached hydrogens (tertiary/aromatic N) is 4. The summed E-state index contributed by atoms with van der Waals surface area (Å²) in [6, 6.07) is 11.5. The van der Waals surface area contributed by atoms with Crippen molar-refractivity contribution in [2.75, 3.05) is 6.61 Å². The smallest absolute Gasteiger partial charge is 0.339 e. The molecule has 5 rings (SSSR count). The van der Waals surface area contributed by atoms with Crippen LogP contribution in [0.15, 0.2) is 53.3 Å². The van der Waals surface area contributed by atoms with Gasteiger partial charge in [-0.15, -0.1) is 11.3 Å². The fourth-order valence-electron chi connectivity index (χ4n) is 4.32. The molecule has 38 heavy (non-hydrogen) atoms. The van der Waals surface area contributed by atoms with E-state index >= 15 is 0 Å². The maximum atomic E-state index is 13.3. The van der Waals surface area contributed by atoms with E-state index < -0.39 is 17.7 Å². The summed E-state index contributed by atoms with van der Waals surface area (Å²) in [5.74, 6) is -0.428. The van der Waals surface area contributed by atoms with Crippen molar-refractivity contribution in [3.8, 4) is 21.8 Å². The van der Waals surface area contributed by atoms with Gasteiger partial charge in [0, 0.05) is 22.3 Å². The van der Waals surface area contributed by atoms with Crippen molar-refractivity contribution in [1.82, 2.24) is 19.6 Å². The molecule has 0 bridgehead atoms. The minimum absolute atomic E-state index is 0.253. The number of thiazole rings is 1. The Labute approximate surface area is 237 Å². The molecular formula is C28H26BrClN4O3S. The molecule has 0 saturated carbocycles. The van der Waals surface area contributed by atoms with Gasteiger partial charge in [-0.1, -0.05) is 23.7 Å². The first-order valence-electron chi connectivity index (χ1n) is 12.1. The third-order valence-electron chi connectivity index (χ3n) is 5.84. The average Bonchev–Trinajstić information content (AvgIpc) is 3.45. The lowest BCUT2D eigenvalue weighted by Crippen LogP contribution is -2.29. The second-order valence-corrected chi connectivity index (χ2v) is 12.1. The van der Waals surface area contributed by atoms with E-state index in [2.05, 4.69) is 21.0 Å². The minimum Gasteiger partial charge on any atom is -0.464 e. The molecule has 0 saturated heterocycles. The van der Waals surface area contributed by atoms with Gasteiger partial charge in [-0.25, -0.2) is 19.3 Å². The Hall–Kier alpha value is -2.85. The van der Waals surface area contributed by atoms with Crippen molar-refractivity contribution in [3.05, 3.63) is 69.4 Å². The lowest BCUT2D eigenvalue weighted by Gasteiger charge is -2.29. The second kappa shape index (κ2) is 10.4. The lowest BCUT2D eigenvalue weighted by molar-refractivity contribution is -0.166. The zero-order valence-corrected chi connectivity index (χ0v) is 24.7. The lowest BCUT2D eigenvalue weighted by atomic mass is 9.91. The van der Waals surface area contributed by atoms with Crippen molar-refractivity contribution in [3.63, 3.8) is 0 Å². The van der Waals surface area contributed by atoms with Crippen LogP contribution in [0, 0.1) is 6.92 Å². The van der Waals surface area contributed by atoms with Crippen molar-refractivity contribution >= 4 is 60.7 Å². The Balaban J connectivity index is 1.78. The number of hydrogen-bond acceptors (Lipinski definition) is 7. The number of carbonyl (C=O) groups is 1. The number of rotatable bonds is 6. The number of aryl methyl sites for hydroxylation is 1. The van der Waals surface area contributed by atoms with Crippen LogP contribution in [0.3, 0.4) is 0 Å². The highest BCUT2D eigenvalue weighted by molar-refractivity contribution is 9.10. The molecule has 10 heteroatoms. The molecule has 0 spiro atoms. The van der Waals surface area contributed by atoms with E-state index in [-0.39, 0.29) is 6.61 Å². The van der Waals surface area contributed by atoms with Crippen LogP contribution in [0.4, 0.5) is 0 Å². The summed E-state index contributed by atoms with van der Waals surface area (Å²) in [5, 5.41) is 5.66. The monoisotopic (exact) mass is 612 g/mol. The number of hydrogen-bond donors (Lipinski definition) is 0. The first kappa shape index (κ1) is 26.7. The third kappa shape index (κ3) is 5.20. The molecule has 0 aliphatic carbocycles. The molecule has 0 aliphatic heterocycles. The summed E-state index contributed by atoms with van der Waals surface area (Å²) in [6.07, 6.45) is 2.65. The first-order chi connectivity index (χ1) is 18.1. The quantitative estimate of drug-likeness (QED) is 0.182. The van der Waals surface area contributed by atoms with E-state index in [1.54, 1.807) is 17.6 Å². The number of benzene rings is 2. The number of carbonyl (C=O) groups excluding carboxylic acids is 1. The molecule has 0 fully saturated rings. The number of aromatic nitrogens is 4. The predicted molar refractivity (Wildman–Crippen MR) is 155 cm³/mol. The highest BCUT2D eigenvalue weighted by atomic mass is 79.9. The highest BCUT2D eigenvalue weighted by Gasteiger charge is 2.33. The van der Waals surface area contributed by atoms with Crippen LogP contribution in [-0.4, -0.2) is 37.8 Å². The fourth-order valence-corrected chi connectivity index (χ4v) is 5.90. The summed E-state index contributed by atoms with van der Waals surface area (Å²) in [4.78, 5) is 23.0. The summed E-state index contributed by atoms with van der Waals surface area (Å²) < 4.78 is 15.3. The van der Waals surface area contributed by atoms with Crippen LogP contribution in [-0.2, 0) is 14.3 Å². The van der Waals surface area contributed by atoms with Gasteiger partial charge in [0.25, 0.3) is 0 Å². The van der Waals surface area contributed by atoms with Crippen LogP contribution >= 0.6 is 38.9 Å². The molecular weight excluding hydrogens is 588 g/mol. The van der Waals surface area contributed by atoms with Crippen molar-refractivity contribution in [2.45, 2.75) is 46.3 Å². The van der Waals surface area contributed by atoms with E-state index in [9.17, 15) is 4.79 Å². The highest BCUT2D eigenvalue weighted by Crippen LogP contribution is 2.44. The number of esters is 1. The Kier molecular flexibility index (Phi) is 7.30. The topological polar surface area (TPSA) is 78.6 Å². The molecule has 0 N–H and O–H groups in total. The predicted octanol–water partition coefficient (Wildman–Crippen LogP) is 7.82. The molecule has 3 aromatic heterocycles. The Morgan fingerprint density at radius 1 is 1.18 bits per heavy atom. The van der Waals surface area contributed by atoms with Crippen LogP contribution in [0.25, 0.3) is 37.7 Å². The standard InChI is InChI=1S/C28H26BrClN4O3S/c1-6-36-27(35)23(37-28(3,4)5)21-15(2)13-20-24(22(21)16-7-9-17(30)10-8-16)38-26(33-20)19-11-12-34-25(32-19)18(29)14-31-34/h7-14,23H,6H2,1-5H3/t23-/m0/s1. The fraction of sp³-hybridized carbons (Fsp3) is 0.286. The second-order valence-electron chi connectivity index (χ2n) is 9.79. The van der Waals surface area contributed by atoms with Gasteiger partial charge in [0.15, 0.2) is 11.8 Å². The van der Waals surface area contributed by atoms with E-state index in [1.807, 2.05) is 70.3 Å². The number of halogens is 2. The van der Waals surface area contributed by atoms with Gasteiger partial charge in [0.05, 0.1) is 33.1 Å². The third-order valence-corrected chi connectivity index (χ3v) is 7.76. The summed E-state index contributed by atoms with van der Waals surface area (Å²) in [7, 11) is 0. The van der Waals surface area contributed by atoms with E-state index in [4.69, 9.17) is 31.0 Å². The zero-order chi connectivity index (χ0) is 27.2. The molecule has 0 radical (unpaired) electrons. The van der Waals surface area contributed by atoms with Gasteiger partial charge in [-0.2, -0.15) is 5.10 Å². The van der Waals surface area contributed by atoms with Crippen LogP contribution in [0.1, 0.15) is 44.9 Å². The minimum atomic E-state index is -0.923. The largest absolute Gasteiger partial charge is 0.464 e. The number of ether oxygens (including phenoxy) is 2. The van der Waals surface area contributed by atoms with E-state index in [0.29, 0.717) is 10.7 Å². The van der Waals surface area contributed by atoms with Gasteiger partial charge in [0.2, 0.25) is 0 Å². The normalized spacial score (nSPS) is 12.8. The van der Waals surface area contributed by atoms with Crippen molar-refractivity contribution in [1.29, 1.82) is 0 Å². The number of fused-ring (bicyclic) bond motifs is 2. The van der Waals surface area contributed by atoms with E-state index in [1.165, 1.54) is 11.3 Å². The van der Waals surface area contributed by atoms with Gasteiger partial charge < -0.3 is 9.47 Å². The summed E-state index contributed by atoms with van der Waals surface area (Å²) in [5.41, 5.74) is 5.06. The molecule has 5 aromatic rings. The van der Waals surface area contributed by atoms with E-state index in [0.717, 1.165) is 47.6 Å². The molecule has 0 aliphatic rings. The molecule has 3 heterocycles. The van der Waals surface area contributed by atoms with Crippen LogP contribution < -0.4 is 0 Å². The van der Waals surface area contributed by atoms with Crippen LogP contribution in [0.5, 0.6) is 0 Å². The Bertz CT molecular complexity index is 1660. The maximum Gasteiger partial charge on any atom is 0.339 e. The summed E-state index contributed by atoms with van der Waals surface area (Å²) in [6.45, 7) is 9.80. The van der Waals surface area contributed by atoms with Gasteiger partial charge in [0.1, 0.15) is 10.7 Å². The zero-order valence-electron chi connectivity index (χ0n) is 21.6. The first-order valence-corrected chi connectivity index (χ1v) is 14.1. The van der Waals surface area contributed by atoms with Crippen molar-refractivity contribution in [2.24, 2.45) is 0 Å². The molecule has 196 valence electrons. The van der Waals surface area contributed by atoms with Crippen molar-refractivity contribution < 1.29 is 14.3 Å². The Morgan fingerprint density at radius 3 is 2.61 bits per heavy atom. The SMILES string of the molecule is CCOC(=O)[C@@H](OC(C)(C)C)c1c(C)cc2nc(-c3ccn4ncc(Br)c4n3)sc2c1-c1ccc(Cl)cc1. The molecule has 0 unspecified atom stereocenters. The molecule has 1 atom stereocenters. The maximum absolute atomic E-state index is 13.3. The molecule has 2 aromatic carbocycles.